The molecule has 818 valence electrons. The second-order valence-electron chi connectivity index (χ2n) is 43.5. The Balaban J connectivity index is 1.13. The number of benzene rings is 4. The van der Waals surface area contributed by atoms with Crippen LogP contribution in [0.1, 0.15) is 416 Å². The van der Waals surface area contributed by atoms with Crippen LogP contribution < -0.4 is 46.2 Å². The second kappa shape index (κ2) is 66.7. The van der Waals surface area contributed by atoms with E-state index in [-0.39, 0.29) is 12.0 Å². The Morgan fingerprint density at radius 3 is 1.14 bits per heavy atom. The molecule has 0 bridgehead atoms. The van der Waals surface area contributed by atoms with E-state index in [2.05, 4.69) is 36.8 Å². The van der Waals surface area contributed by atoms with Gasteiger partial charge in [0.2, 0.25) is 5.75 Å². The summed E-state index contributed by atoms with van der Waals surface area (Å²) in [6.07, 6.45) is 50.5. The van der Waals surface area contributed by atoms with Gasteiger partial charge in [0, 0.05) is 24.5 Å². The molecule has 1 unspecified atom stereocenters. The van der Waals surface area contributed by atoms with Crippen LogP contribution in [0.25, 0.3) is 0 Å². The van der Waals surface area contributed by atoms with E-state index >= 15 is 14.2 Å². The summed E-state index contributed by atoms with van der Waals surface area (Å²) in [6.45, 7) is 25.0. The molecule has 2 N–H and O–H groups in total. The van der Waals surface area contributed by atoms with Crippen LogP contribution >= 0.6 is 7.60 Å². The van der Waals surface area contributed by atoms with E-state index in [9.17, 15) is 24.4 Å². The molecule has 9 atom stereocenters. The summed E-state index contributed by atoms with van der Waals surface area (Å²) in [5, 5.41) is 9.23. The number of carbonyl (C=O) groups excluding carboxylic acids is 2. The Bertz CT molecular complexity index is 4880. The number of nitrogens with zero attached hydrogens (tertiary/aromatic N) is 3. The van der Waals surface area contributed by atoms with Gasteiger partial charge in [-0.2, -0.15) is 5.26 Å². The highest BCUT2D eigenvalue weighted by Crippen LogP contribution is 2.63. The lowest BCUT2D eigenvalue weighted by atomic mass is 9.80. The molecular formula is C117H186N5O21PSi2. The number of nitrogens with one attached hydrogen (secondary N) is 2. The molecule has 2 aliphatic heterocycles. The fourth-order valence-corrected chi connectivity index (χ4v) is 24.0. The molecule has 0 amide bonds. The van der Waals surface area contributed by atoms with Crippen molar-refractivity contribution in [2.75, 3.05) is 60.5 Å². The van der Waals surface area contributed by atoms with Crippen molar-refractivity contribution in [3.63, 3.8) is 0 Å². The molecule has 26 nitrogen and oxygen atoms in total. The summed E-state index contributed by atoms with van der Waals surface area (Å²) in [4.78, 5) is 90.5. The molecule has 2 fully saturated rings. The first-order valence-corrected chi connectivity index (χ1v) is 63.8. The van der Waals surface area contributed by atoms with Gasteiger partial charge >= 0.3 is 30.9 Å². The molecule has 8 rings (SSSR count). The normalized spacial score (nSPS) is 17.6. The van der Waals surface area contributed by atoms with Crippen LogP contribution in [0.2, 0.25) is 36.3 Å². The number of aromatic amines is 2. The first-order valence-electron chi connectivity index (χ1n) is 56.4. The summed E-state index contributed by atoms with van der Waals surface area (Å²) in [7, 11) is -8.35. The van der Waals surface area contributed by atoms with E-state index < -0.39 is 149 Å². The summed E-state index contributed by atoms with van der Waals surface area (Å²) in [5.74, 6) is 0.165. The molecule has 0 aliphatic carbocycles. The smallest absolute Gasteiger partial charge is 0.344 e. The third-order valence-electron chi connectivity index (χ3n) is 29.8. The SMILES string of the molecule is CCCCCCCCCCCCCCCCCCOc1cc(C(=O)OCC(=O)O[C@@H]2[C@@H](O[Si](C)(C)C(C)(C)C)[C@H](n3ccc(=O)[nH]c3=O)O[C@@H]2COP(=O)(OCCC#N)[C@@H]2[C@H](O[Si](C)(C)C(C)(C)C)[C@H](n3ccc(=O)[nH]c3=O)O[C@@H]2COC(c2ccccc2)(c2ccc(OC)cc2)c2ccc(OC)cc2)cc(OCCCCCCCCCCCCCCCCCC)c1OCCCCCCCCCCCCCCCCCC. The number of H-pyrrole nitrogens is 2. The predicted octanol–water partition coefficient (Wildman–Crippen LogP) is 28.9. The molecule has 6 aromatic rings. The van der Waals surface area contributed by atoms with Crippen LogP contribution in [0, 0.1) is 11.3 Å². The highest BCUT2D eigenvalue weighted by molar-refractivity contribution is 7.54. The summed E-state index contributed by atoms with van der Waals surface area (Å²) in [6, 6.07) is 31.8. The number of esters is 2. The van der Waals surface area contributed by atoms with Crippen molar-refractivity contribution in [1.82, 2.24) is 19.1 Å². The van der Waals surface area contributed by atoms with Gasteiger partial charge in [0.05, 0.1) is 71.9 Å². The van der Waals surface area contributed by atoms with Crippen molar-refractivity contribution in [3.05, 3.63) is 179 Å². The Labute approximate surface area is 876 Å². The van der Waals surface area contributed by atoms with Crippen LogP contribution in [0.15, 0.2) is 135 Å². The number of methoxy groups -OCH3 is 2. The maximum Gasteiger partial charge on any atom is 0.344 e. The number of unbranched alkanes of at least 4 members (excludes halogenated alkanes) is 45. The van der Waals surface area contributed by atoms with Crippen LogP contribution in [-0.2, 0) is 56.5 Å². The lowest BCUT2D eigenvalue weighted by Gasteiger charge is -2.42. The van der Waals surface area contributed by atoms with Crippen molar-refractivity contribution in [3.8, 4) is 34.8 Å². The average Bonchev–Trinajstić information content (AvgIpc) is 1.44. The zero-order chi connectivity index (χ0) is 105. The van der Waals surface area contributed by atoms with E-state index in [1.165, 1.54) is 244 Å². The van der Waals surface area contributed by atoms with E-state index in [0.29, 0.717) is 65.3 Å². The van der Waals surface area contributed by atoms with Gasteiger partial charge in [0.15, 0.2) is 53.3 Å². The van der Waals surface area contributed by atoms with Crippen molar-refractivity contribution < 1.29 is 79.4 Å². The molecule has 29 heteroatoms. The first-order chi connectivity index (χ1) is 70.4. The first kappa shape index (κ1) is 123. The Hall–Kier alpha value is -7.95. The fraction of sp³-hybridized carbons (Fsp3) is 0.701. The fourth-order valence-electron chi connectivity index (χ4n) is 19.0. The van der Waals surface area contributed by atoms with Crippen LogP contribution in [0.3, 0.4) is 0 Å². The third-order valence-corrected chi connectivity index (χ3v) is 41.2. The van der Waals surface area contributed by atoms with Gasteiger partial charge < -0.3 is 65.3 Å². The molecule has 4 heterocycles. The minimum absolute atomic E-state index is 0.0334. The van der Waals surface area contributed by atoms with Gasteiger partial charge in [-0.3, -0.25) is 33.3 Å². The van der Waals surface area contributed by atoms with Gasteiger partial charge in [-0.1, -0.05) is 406 Å². The molecule has 0 spiro atoms. The number of rotatable bonds is 79. The maximum atomic E-state index is 17.7. The highest BCUT2D eigenvalue weighted by atomic mass is 31.2. The number of aromatic nitrogens is 4. The summed E-state index contributed by atoms with van der Waals surface area (Å²) >= 11 is 0. The molecule has 0 radical (unpaired) electrons. The van der Waals surface area contributed by atoms with E-state index in [1.807, 2.05) is 147 Å². The molecular weight excluding hydrogens is 1900 g/mol. The lowest BCUT2D eigenvalue weighted by Crippen LogP contribution is -2.51. The standard InChI is InChI=1S/C117H186N5O21PSi2/c1-16-19-22-25-28-31-34-37-40-43-46-49-52-55-58-64-83-132-98-87-92(88-99(133-84-65-59-56-53-50-47-44-41-38-35-32-29-26-23-20-17-2)105(98)134-85-66-60-57-54-51-48-45-42-39-36-33-30-27-24-21-18-3)112(126)135-91-104(125)141-106-100(139-110(121-81-78-102(123)119-113(121)127)107(106)142-145(12,13)115(4,5)6)90-138-144(129,137-86-67-80-118)109-101(140-111(122-82-79-103(124)120-114(122)128)108(109)143-146(14,15)116(7,8)9)89-136-117(93-68-62-61-63-69-93,94-70-74-96(130-10)75-71-94)95-72-76-97(131-11)77-73-95/h61-63,68-79,81-82,87-88,100-101,106-111H,16-60,64-67,83-86,89-91H2,1-15H3,(H,119,123,127)(H,120,124,128)/t100-,101-,106+,107-,108+,109+,110-,111-,144?/m1/s1. The van der Waals surface area contributed by atoms with Crippen LogP contribution in [0.5, 0.6) is 28.7 Å². The van der Waals surface area contributed by atoms with Crippen molar-refractivity contribution >= 4 is 36.2 Å². The van der Waals surface area contributed by atoms with E-state index in [1.54, 1.807) is 26.4 Å². The Morgan fingerprint density at radius 1 is 0.425 bits per heavy atom. The number of hydrogen-bond donors (Lipinski definition) is 2. The van der Waals surface area contributed by atoms with Gasteiger partial charge in [0.25, 0.3) is 11.1 Å². The molecule has 2 aliphatic rings. The van der Waals surface area contributed by atoms with E-state index in [0.717, 1.165) is 98.3 Å². The van der Waals surface area contributed by atoms with Gasteiger partial charge in [-0.05, 0) is 109 Å². The van der Waals surface area contributed by atoms with E-state index in [4.69, 9.17) is 65.3 Å². The predicted molar refractivity (Wildman–Crippen MR) is 588 cm³/mol. The topological polar surface area (TPSA) is 314 Å². The number of carbonyl (C=O) groups is 2. The van der Waals surface area contributed by atoms with Crippen molar-refractivity contribution in [2.45, 2.75) is 467 Å². The van der Waals surface area contributed by atoms with Crippen LogP contribution in [0.4, 0.5) is 0 Å². The van der Waals surface area contributed by atoms with Gasteiger partial charge in [-0.25, -0.2) is 19.2 Å². The zero-order valence-electron chi connectivity index (χ0n) is 92.0. The molecule has 2 saturated heterocycles. The Morgan fingerprint density at radius 2 is 0.774 bits per heavy atom. The van der Waals surface area contributed by atoms with Crippen molar-refractivity contribution in [2.24, 2.45) is 0 Å². The van der Waals surface area contributed by atoms with Gasteiger partial charge in [0.1, 0.15) is 47.2 Å². The minimum Gasteiger partial charge on any atom is -0.497 e. The summed E-state index contributed by atoms with van der Waals surface area (Å²) < 4.78 is 115. The maximum absolute atomic E-state index is 17.7. The number of ether oxygens (including phenoxy) is 10. The minimum atomic E-state index is -5.15. The lowest BCUT2D eigenvalue weighted by molar-refractivity contribution is -0.159. The highest BCUT2D eigenvalue weighted by Gasteiger charge is 2.62. The number of nitriles is 1. The quantitative estimate of drug-likeness (QED) is 0.0118. The van der Waals surface area contributed by atoms with Crippen LogP contribution in [-0.4, -0.2) is 144 Å². The van der Waals surface area contributed by atoms with Gasteiger partial charge in [-0.15, -0.1) is 0 Å². The zero-order valence-corrected chi connectivity index (χ0v) is 94.9. The second-order valence-corrected chi connectivity index (χ2v) is 55.2. The monoisotopic (exact) mass is 2080 g/mol. The largest absolute Gasteiger partial charge is 0.497 e. The van der Waals surface area contributed by atoms with Crippen molar-refractivity contribution in [1.29, 1.82) is 5.26 Å². The summed E-state index contributed by atoms with van der Waals surface area (Å²) in [5.41, 5.74) is -4.48. The Kier molecular flexibility index (Phi) is 56.3. The molecule has 4 aromatic carbocycles. The molecule has 0 saturated carbocycles. The number of hydrogen-bond acceptors (Lipinski definition) is 22. The molecule has 146 heavy (non-hydrogen) atoms. The molecule has 2 aromatic heterocycles. The average molecular weight is 2090 g/mol. The third kappa shape index (κ3) is 41.0.